The standard InChI is InChI=1S/C8H7IO2S/c9-6-1-2-7(12)5(3-6)4-8(10)11/h1-3,12H,4H2,(H,10,11). The number of hydrogen-bond donors (Lipinski definition) is 2. The van der Waals surface area contributed by atoms with Crippen molar-refractivity contribution in [3.8, 4) is 0 Å². The molecule has 2 nitrogen and oxygen atoms in total. The summed E-state index contributed by atoms with van der Waals surface area (Å²) in [6.45, 7) is 0. The van der Waals surface area contributed by atoms with Crippen molar-refractivity contribution >= 4 is 41.2 Å². The Morgan fingerprint density at radius 2 is 2.25 bits per heavy atom. The van der Waals surface area contributed by atoms with E-state index < -0.39 is 5.97 Å². The Kier molecular flexibility index (Phi) is 3.39. The molecule has 64 valence electrons. The van der Waals surface area contributed by atoms with Crippen LogP contribution in [-0.2, 0) is 11.2 Å². The van der Waals surface area contributed by atoms with Crippen LogP contribution in [0.15, 0.2) is 23.1 Å². The summed E-state index contributed by atoms with van der Waals surface area (Å²) in [7, 11) is 0. The van der Waals surface area contributed by atoms with Crippen molar-refractivity contribution in [3.05, 3.63) is 27.3 Å². The van der Waals surface area contributed by atoms with Gasteiger partial charge >= 0.3 is 5.97 Å². The smallest absolute Gasteiger partial charge is 0.307 e. The summed E-state index contributed by atoms with van der Waals surface area (Å²) in [5.41, 5.74) is 0.762. The van der Waals surface area contributed by atoms with Gasteiger partial charge in [-0.2, -0.15) is 0 Å². The van der Waals surface area contributed by atoms with E-state index in [1.807, 2.05) is 18.2 Å². The van der Waals surface area contributed by atoms with E-state index in [0.717, 1.165) is 14.0 Å². The molecule has 0 fully saturated rings. The topological polar surface area (TPSA) is 37.3 Å². The molecule has 0 aliphatic rings. The van der Waals surface area contributed by atoms with Crippen LogP contribution < -0.4 is 0 Å². The molecule has 0 radical (unpaired) electrons. The first-order valence-corrected chi connectivity index (χ1v) is 4.81. The van der Waals surface area contributed by atoms with Crippen LogP contribution >= 0.6 is 35.2 Å². The van der Waals surface area contributed by atoms with Gasteiger partial charge in [-0.15, -0.1) is 12.6 Å². The van der Waals surface area contributed by atoms with Crippen LogP contribution in [0.4, 0.5) is 0 Å². The minimum atomic E-state index is -0.827. The summed E-state index contributed by atoms with van der Waals surface area (Å²) in [5, 5.41) is 8.55. The zero-order chi connectivity index (χ0) is 9.14. The van der Waals surface area contributed by atoms with Gasteiger partial charge in [-0.1, -0.05) is 0 Å². The second-order valence-electron chi connectivity index (χ2n) is 2.34. The molecule has 0 bridgehead atoms. The van der Waals surface area contributed by atoms with Gasteiger partial charge in [-0.25, -0.2) is 0 Å². The molecule has 4 heteroatoms. The molecule has 0 saturated carbocycles. The maximum atomic E-state index is 10.4. The summed E-state index contributed by atoms with van der Waals surface area (Å²) in [4.78, 5) is 11.1. The van der Waals surface area contributed by atoms with Crippen LogP contribution in [0.5, 0.6) is 0 Å². The number of rotatable bonds is 2. The number of carboxylic acid groups (broad SMARTS) is 1. The quantitative estimate of drug-likeness (QED) is 0.648. The fourth-order valence-corrected chi connectivity index (χ4v) is 1.63. The Bertz CT molecular complexity index is 312. The van der Waals surface area contributed by atoms with E-state index in [1.54, 1.807) is 0 Å². The van der Waals surface area contributed by atoms with Crippen molar-refractivity contribution < 1.29 is 9.90 Å². The summed E-state index contributed by atoms with van der Waals surface area (Å²) >= 11 is 6.30. The fraction of sp³-hybridized carbons (Fsp3) is 0.125. The zero-order valence-electron chi connectivity index (χ0n) is 6.12. The zero-order valence-corrected chi connectivity index (χ0v) is 9.17. The minimum absolute atomic E-state index is 0.0374. The van der Waals surface area contributed by atoms with Crippen molar-refractivity contribution in [1.82, 2.24) is 0 Å². The summed E-state index contributed by atoms with van der Waals surface area (Å²) in [5.74, 6) is -0.827. The average molecular weight is 294 g/mol. The number of thiol groups is 1. The number of aliphatic carboxylic acids is 1. The van der Waals surface area contributed by atoms with E-state index in [1.165, 1.54) is 0 Å². The van der Waals surface area contributed by atoms with Gasteiger partial charge < -0.3 is 5.11 Å². The monoisotopic (exact) mass is 294 g/mol. The molecule has 0 aliphatic carbocycles. The van der Waals surface area contributed by atoms with Gasteiger partial charge in [0, 0.05) is 8.47 Å². The molecule has 0 unspecified atom stereocenters. The third-order valence-electron chi connectivity index (χ3n) is 1.38. The molecule has 0 aliphatic heterocycles. The van der Waals surface area contributed by atoms with Crippen LogP contribution in [0, 0.1) is 3.57 Å². The Balaban J connectivity index is 2.97. The minimum Gasteiger partial charge on any atom is -0.481 e. The van der Waals surface area contributed by atoms with Crippen LogP contribution in [0.3, 0.4) is 0 Å². The summed E-state index contributed by atoms with van der Waals surface area (Å²) in [6.07, 6.45) is 0.0374. The molecule has 0 spiro atoms. The molecule has 0 atom stereocenters. The van der Waals surface area contributed by atoms with Gasteiger partial charge in [0.15, 0.2) is 0 Å². The number of benzene rings is 1. The molecule has 1 aromatic carbocycles. The highest BCUT2D eigenvalue weighted by Gasteiger charge is 2.04. The molecule has 1 aromatic rings. The van der Waals surface area contributed by atoms with Gasteiger partial charge in [-0.3, -0.25) is 4.79 Å². The van der Waals surface area contributed by atoms with E-state index in [2.05, 4.69) is 35.2 Å². The van der Waals surface area contributed by atoms with Crippen LogP contribution in [-0.4, -0.2) is 11.1 Å². The van der Waals surface area contributed by atoms with Gasteiger partial charge in [0.2, 0.25) is 0 Å². The first kappa shape index (κ1) is 9.85. The van der Waals surface area contributed by atoms with E-state index in [4.69, 9.17) is 5.11 Å². The highest BCUT2D eigenvalue weighted by molar-refractivity contribution is 14.1. The Hall–Kier alpha value is -0.230. The predicted octanol–water partition coefficient (Wildman–Crippen LogP) is 2.21. The molecular formula is C8H7IO2S. The normalized spacial score (nSPS) is 9.83. The van der Waals surface area contributed by atoms with Crippen LogP contribution in [0.2, 0.25) is 0 Å². The lowest BCUT2D eigenvalue weighted by Gasteiger charge is -2.01. The van der Waals surface area contributed by atoms with E-state index in [9.17, 15) is 4.79 Å². The Morgan fingerprint density at radius 3 is 2.83 bits per heavy atom. The third kappa shape index (κ3) is 2.67. The molecule has 0 amide bonds. The van der Waals surface area contributed by atoms with Gasteiger partial charge in [0.05, 0.1) is 6.42 Å². The average Bonchev–Trinajstić information content (AvgIpc) is 1.96. The molecular weight excluding hydrogens is 287 g/mol. The Labute approximate surface area is 89.5 Å². The summed E-state index contributed by atoms with van der Waals surface area (Å²) in [6, 6.07) is 5.54. The molecule has 0 aromatic heterocycles. The molecule has 12 heavy (non-hydrogen) atoms. The lowest BCUT2D eigenvalue weighted by molar-refractivity contribution is -0.136. The molecule has 1 N–H and O–H groups in total. The first-order chi connectivity index (χ1) is 5.59. The predicted molar refractivity (Wildman–Crippen MR) is 57.8 cm³/mol. The second kappa shape index (κ2) is 4.13. The number of hydrogen-bond acceptors (Lipinski definition) is 2. The second-order valence-corrected chi connectivity index (χ2v) is 4.07. The van der Waals surface area contributed by atoms with E-state index in [0.29, 0.717) is 0 Å². The van der Waals surface area contributed by atoms with E-state index >= 15 is 0 Å². The van der Waals surface area contributed by atoms with Crippen molar-refractivity contribution in [2.75, 3.05) is 0 Å². The van der Waals surface area contributed by atoms with E-state index in [-0.39, 0.29) is 6.42 Å². The van der Waals surface area contributed by atoms with Gasteiger partial charge in [-0.05, 0) is 46.4 Å². The van der Waals surface area contributed by atoms with Crippen LogP contribution in [0.1, 0.15) is 5.56 Å². The number of carboxylic acids is 1. The molecule has 1 rings (SSSR count). The summed E-state index contributed by atoms with van der Waals surface area (Å²) < 4.78 is 1.03. The van der Waals surface area contributed by atoms with Crippen molar-refractivity contribution in [3.63, 3.8) is 0 Å². The van der Waals surface area contributed by atoms with Crippen molar-refractivity contribution in [2.24, 2.45) is 0 Å². The number of halogens is 1. The fourth-order valence-electron chi connectivity index (χ4n) is 0.859. The molecule has 0 heterocycles. The third-order valence-corrected chi connectivity index (χ3v) is 2.49. The highest BCUT2D eigenvalue weighted by atomic mass is 127. The maximum absolute atomic E-state index is 10.4. The van der Waals surface area contributed by atoms with Crippen molar-refractivity contribution in [1.29, 1.82) is 0 Å². The van der Waals surface area contributed by atoms with Crippen molar-refractivity contribution in [2.45, 2.75) is 11.3 Å². The van der Waals surface area contributed by atoms with Gasteiger partial charge in [0.1, 0.15) is 0 Å². The van der Waals surface area contributed by atoms with Gasteiger partial charge in [0.25, 0.3) is 0 Å². The first-order valence-electron chi connectivity index (χ1n) is 3.29. The lowest BCUT2D eigenvalue weighted by atomic mass is 10.1. The lowest BCUT2D eigenvalue weighted by Crippen LogP contribution is -2.01. The maximum Gasteiger partial charge on any atom is 0.307 e. The number of carbonyl (C=O) groups is 1. The van der Waals surface area contributed by atoms with Crippen LogP contribution in [0.25, 0.3) is 0 Å². The largest absolute Gasteiger partial charge is 0.481 e. The molecule has 0 saturated heterocycles. The highest BCUT2D eigenvalue weighted by Crippen LogP contribution is 2.17. The SMILES string of the molecule is O=C(O)Cc1cc(I)ccc1S. The Morgan fingerprint density at radius 1 is 1.58 bits per heavy atom.